The van der Waals surface area contributed by atoms with Gasteiger partial charge in [-0.3, -0.25) is 9.48 Å². The summed E-state index contributed by atoms with van der Waals surface area (Å²) in [7, 11) is 1.83. The van der Waals surface area contributed by atoms with E-state index in [1.165, 1.54) is 0 Å². The summed E-state index contributed by atoms with van der Waals surface area (Å²) >= 11 is 0. The van der Waals surface area contributed by atoms with Gasteiger partial charge in [0, 0.05) is 19.0 Å². The molecule has 0 unspecified atom stereocenters. The van der Waals surface area contributed by atoms with E-state index in [0.29, 0.717) is 34.8 Å². The summed E-state index contributed by atoms with van der Waals surface area (Å²) in [4.78, 5) is 18.0. The van der Waals surface area contributed by atoms with Crippen LogP contribution in [-0.2, 0) is 13.5 Å². The Bertz CT molecular complexity index is 1170. The molecule has 0 saturated carbocycles. The number of aromatic nitrogens is 4. The second-order valence-electron chi connectivity index (χ2n) is 6.70. The number of anilines is 1. The maximum atomic E-state index is 13.2. The minimum atomic E-state index is -0.235. The minimum absolute atomic E-state index is 0.235. The Balaban J connectivity index is 1.87. The Morgan fingerprint density at radius 1 is 1.18 bits per heavy atom. The molecule has 0 saturated heterocycles. The van der Waals surface area contributed by atoms with Crippen molar-refractivity contribution in [2.75, 3.05) is 5.32 Å². The lowest BCUT2D eigenvalue weighted by atomic mass is 10.0. The number of carbonyl (C=O) groups excluding carboxylic acids is 1. The number of nitrogens with one attached hydrogen (secondary N) is 1. The summed E-state index contributed by atoms with van der Waals surface area (Å²) in [5, 5.41) is 12.1. The predicted molar refractivity (Wildman–Crippen MR) is 107 cm³/mol. The van der Waals surface area contributed by atoms with Gasteiger partial charge in [-0.2, -0.15) is 5.10 Å². The van der Waals surface area contributed by atoms with Crippen LogP contribution >= 0.6 is 0 Å². The van der Waals surface area contributed by atoms with E-state index in [0.717, 1.165) is 22.3 Å². The van der Waals surface area contributed by atoms with Crippen molar-refractivity contribution in [1.82, 2.24) is 19.9 Å². The van der Waals surface area contributed by atoms with Crippen LogP contribution in [0.4, 0.5) is 5.69 Å². The average Bonchev–Trinajstić information content (AvgIpc) is 3.20. The monoisotopic (exact) mass is 375 g/mol. The van der Waals surface area contributed by atoms with Crippen molar-refractivity contribution < 1.29 is 9.32 Å². The molecule has 0 spiro atoms. The Kier molecular flexibility index (Phi) is 4.43. The predicted octanol–water partition coefficient (Wildman–Crippen LogP) is 4.05. The second-order valence-corrected chi connectivity index (χ2v) is 6.70. The first-order valence-electron chi connectivity index (χ1n) is 9.15. The molecule has 7 heteroatoms. The van der Waals surface area contributed by atoms with E-state index in [2.05, 4.69) is 15.6 Å². The highest BCUT2D eigenvalue weighted by Crippen LogP contribution is 2.28. The highest BCUT2D eigenvalue weighted by atomic mass is 16.5. The molecule has 1 N–H and O–H groups in total. The zero-order valence-electron chi connectivity index (χ0n) is 16.3. The number of carbonyl (C=O) groups is 1. The molecule has 142 valence electrons. The Hall–Kier alpha value is -3.48. The zero-order chi connectivity index (χ0) is 19.8. The summed E-state index contributed by atoms with van der Waals surface area (Å²) in [6, 6.07) is 11.6. The van der Waals surface area contributed by atoms with Gasteiger partial charge in [0.15, 0.2) is 11.4 Å². The van der Waals surface area contributed by atoms with Gasteiger partial charge in [0.2, 0.25) is 0 Å². The first-order valence-corrected chi connectivity index (χ1v) is 9.15. The molecule has 0 aliphatic heterocycles. The molecule has 0 aliphatic rings. The van der Waals surface area contributed by atoms with Crippen LogP contribution in [0.1, 0.15) is 34.4 Å². The number of pyridine rings is 1. The van der Waals surface area contributed by atoms with Gasteiger partial charge < -0.3 is 9.84 Å². The molecule has 3 heterocycles. The Labute approximate surface area is 162 Å². The first-order chi connectivity index (χ1) is 13.5. The summed E-state index contributed by atoms with van der Waals surface area (Å²) < 4.78 is 7.00. The SMILES string of the molecule is CCc1onc(C)c1NC(=O)c1cc(-c2ccccc2)nc2c1c(C)nn2C. The minimum Gasteiger partial charge on any atom is -0.359 e. The second kappa shape index (κ2) is 6.92. The lowest BCUT2D eigenvalue weighted by molar-refractivity contribution is 0.102. The van der Waals surface area contributed by atoms with Crippen LogP contribution in [0.3, 0.4) is 0 Å². The van der Waals surface area contributed by atoms with Crippen LogP contribution in [0.2, 0.25) is 0 Å². The molecule has 4 aromatic rings. The first kappa shape index (κ1) is 17.9. The molecule has 0 atom stereocenters. The lowest BCUT2D eigenvalue weighted by Gasteiger charge is -2.09. The van der Waals surface area contributed by atoms with Gasteiger partial charge in [-0.15, -0.1) is 0 Å². The van der Waals surface area contributed by atoms with Gasteiger partial charge in [0.05, 0.1) is 22.3 Å². The number of fused-ring (bicyclic) bond motifs is 1. The maximum Gasteiger partial charge on any atom is 0.256 e. The molecule has 1 aromatic carbocycles. The van der Waals surface area contributed by atoms with Crippen molar-refractivity contribution in [2.45, 2.75) is 27.2 Å². The molecule has 0 fully saturated rings. The molecular formula is C21H21N5O2. The number of amides is 1. The van der Waals surface area contributed by atoms with Crippen LogP contribution in [0.15, 0.2) is 40.9 Å². The number of aryl methyl sites for hydroxylation is 4. The standard InChI is InChI=1S/C21H21N5O2/c1-5-17-19(13(3)25-28-17)23-21(27)15-11-16(14-9-7-6-8-10-14)22-20-18(15)12(2)24-26(20)4/h6-11H,5H2,1-4H3,(H,23,27). The quantitative estimate of drug-likeness (QED) is 0.581. The van der Waals surface area contributed by atoms with Crippen molar-refractivity contribution >= 4 is 22.6 Å². The summed E-state index contributed by atoms with van der Waals surface area (Å²) in [6.07, 6.45) is 0.642. The van der Waals surface area contributed by atoms with Crippen LogP contribution in [0.5, 0.6) is 0 Å². The number of hydrogen-bond donors (Lipinski definition) is 1. The third-order valence-corrected chi connectivity index (χ3v) is 4.78. The van der Waals surface area contributed by atoms with E-state index in [1.54, 1.807) is 4.68 Å². The molecule has 0 aliphatic carbocycles. The van der Waals surface area contributed by atoms with Crippen LogP contribution in [-0.4, -0.2) is 25.8 Å². The number of benzene rings is 1. The van der Waals surface area contributed by atoms with Gasteiger partial charge in [0.1, 0.15) is 11.4 Å². The smallest absolute Gasteiger partial charge is 0.256 e. The van der Waals surface area contributed by atoms with E-state index in [1.807, 2.05) is 64.2 Å². The van der Waals surface area contributed by atoms with E-state index in [9.17, 15) is 4.79 Å². The van der Waals surface area contributed by atoms with E-state index >= 15 is 0 Å². The number of hydrogen-bond acceptors (Lipinski definition) is 5. The lowest BCUT2D eigenvalue weighted by Crippen LogP contribution is -2.14. The molecule has 7 nitrogen and oxygen atoms in total. The molecular weight excluding hydrogens is 354 g/mol. The van der Waals surface area contributed by atoms with Crippen molar-refractivity contribution in [3.05, 3.63) is 59.1 Å². The zero-order valence-corrected chi connectivity index (χ0v) is 16.3. The Morgan fingerprint density at radius 3 is 2.64 bits per heavy atom. The molecule has 4 rings (SSSR count). The van der Waals surface area contributed by atoms with Gasteiger partial charge in [0.25, 0.3) is 5.91 Å². The van der Waals surface area contributed by atoms with Crippen LogP contribution in [0.25, 0.3) is 22.3 Å². The Morgan fingerprint density at radius 2 is 1.93 bits per heavy atom. The largest absolute Gasteiger partial charge is 0.359 e. The third kappa shape index (κ3) is 2.94. The van der Waals surface area contributed by atoms with Crippen molar-refractivity contribution in [2.24, 2.45) is 7.05 Å². The highest BCUT2D eigenvalue weighted by molar-refractivity contribution is 6.13. The fourth-order valence-electron chi connectivity index (χ4n) is 3.38. The topological polar surface area (TPSA) is 85.8 Å². The van der Waals surface area contributed by atoms with Crippen LogP contribution in [0, 0.1) is 13.8 Å². The van der Waals surface area contributed by atoms with Gasteiger partial charge >= 0.3 is 0 Å². The van der Waals surface area contributed by atoms with Crippen molar-refractivity contribution in [3.8, 4) is 11.3 Å². The summed E-state index contributed by atoms with van der Waals surface area (Å²) in [5.41, 5.74) is 4.89. The molecule has 28 heavy (non-hydrogen) atoms. The van der Waals surface area contributed by atoms with Crippen molar-refractivity contribution in [1.29, 1.82) is 0 Å². The highest BCUT2D eigenvalue weighted by Gasteiger charge is 2.22. The number of nitrogens with zero attached hydrogens (tertiary/aromatic N) is 4. The fraction of sp³-hybridized carbons (Fsp3) is 0.238. The third-order valence-electron chi connectivity index (χ3n) is 4.78. The van der Waals surface area contributed by atoms with Gasteiger partial charge in [-0.05, 0) is 19.9 Å². The van der Waals surface area contributed by atoms with E-state index in [4.69, 9.17) is 9.51 Å². The normalized spacial score (nSPS) is 11.1. The fourth-order valence-corrected chi connectivity index (χ4v) is 3.38. The van der Waals surface area contributed by atoms with E-state index in [-0.39, 0.29) is 5.91 Å². The molecule has 0 radical (unpaired) electrons. The van der Waals surface area contributed by atoms with E-state index < -0.39 is 0 Å². The molecule has 3 aromatic heterocycles. The van der Waals surface area contributed by atoms with Gasteiger partial charge in [-0.1, -0.05) is 42.4 Å². The van der Waals surface area contributed by atoms with Crippen LogP contribution < -0.4 is 5.32 Å². The average molecular weight is 375 g/mol. The molecule has 1 amide bonds. The molecule has 0 bridgehead atoms. The maximum absolute atomic E-state index is 13.2. The van der Waals surface area contributed by atoms with Crippen molar-refractivity contribution in [3.63, 3.8) is 0 Å². The van der Waals surface area contributed by atoms with Gasteiger partial charge in [-0.25, -0.2) is 4.98 Å². The summed E-state index contributed by atoms with van der Waals surface area (Å²) in [5.74, 6) is 0.420. The summed E-state index contributed by atoms with van der Waals surface area (Å²) in [6.45, 7) is 5.65. The number of rotatable bonds is 4.